The van der Waals surface area contributed by atoms with E-state index in [1.54, 1.807) is 29.3 Å². The molecule has 0 unspecified atom stereocenters. The van der Waals surface area contributed by atoms with Crippen molar-refractivity contribution in [1.82, 2.24) is 14.3 Å². The topological polar surface area (TPSA) is 60.9 Å². The van der Waals surface area contributed by atoms with Crippen LogP contribution in [0, 0.1) is 6.92 Å². The lowest BCUT2D eigenvalue weighted by Gasteiger charge is -2.55. The third-order valence-electron chi connectivity index (χ3n) is 6.90. The first-order chi connectivity index (χ1) is 17.2. The fourth-order valence-electron chi connectivity index (χ4n) is 5.03. The zero-order valence-corrected chi connectivity index (χ0v) is 22.7. The number of halogens is 1. The molecule has 2 aliphatic heterocycles. The number of hydrogen-bond donors (Lipinski definition) is 0. The summed E-state index contributed by atoms with van der Waals surface area (Å²) in [6, 6.07) is 21.4. The van der Waals surface area contributed by atoms with Gasteiger partial charge in [-0.05, 0) is 67.8 Å². The Morgan fingerprint density at radius 2 is 1.72 bits per heavy atom. The van der Waals surface area contributed by atoms with E-state index in [2.05, 4.69) is 22.5 Å². The molecule has 1 fully saturated rings. The summed E-state index contributed by atoms with van der Waals surface area (Å²) in [5, 5.41) is 3.65. The Labute approximate surface area is 221 Å². The van der Waals surface area contributed by atoms with E-state index in [4.69, 9.17) is 0 Å². The lowest BCUT2D eigenvalue weighted by molar-refractivity contribution is -0.129. The fraction of sp³-hybridized carbons (Fsp3) is 0.250. The second-order valence-electron chi connectivity index (χ2n) is 9.40. The SMILES string of the molecule is C=C(C)[C@H]1CN(S(=O)(=O)c2ccc(C)cc2)[C@H]2c3ccc(Br)cc3CCN2N1C(=O)c1ccccc1. The molecular formula is C28H28BrN3O3S. The predicted molar refractivity (Wildman–Crippen MR) is 144 cm³/mol. The van der Waals surface area contributed by atoms with Gasteiger partial charge >= 0.3 is 0 Å². The molecule has 36 heavy (non-hydrogen) atoms. The van der Waals surface area contributed by atoms with Crippen molar-refractivity contribution >= 4 is 31.9 Å². The molecule has 6 nitrogen and oxygen atoms in total. The van der Waals surface area contributed by atoms with Gasteiger partial charge in [-0.15, -0.1) is 0 Å². The molecule has 0 N–H and O–H groups in total. The van der Waals surface area contributed by atoms with E-state index < -0.39 is 22.2 Å². The van der Waals surface area contributed by atoms with E-state index in [-0.39, 0.29) is 17.3 Å². The van der Waals surface area contributed by atoms with Crippen molar-refractivity contribution in [2.24, 2.45) is 0 Å². The zero-order chi connectivity index (χ0) is 25.6. The number of carbonyl (C=O) groups excluding carboxylic acids is 1. The molecule has 0 radical (unpaired) electrons. The first-order valence-electron chi connectivity index (χ1n) is 11.9. The molecule has 1 saturated heterocycles. The standard InChI is InChI=1S/C28H28BrN3O3S/c1-19(2)26-18-31(36(34,35)24-12-9-20(3)10-13-24)27-25-14-11-23(29)17-22(25)15-16-30(27)32(26)28(33)21-7-5-4-6-8-21/h4-14,17,26-27H,1,15-16,18H2,2-3H3/t26-,27+/m1/s1. The zero-order valence-electron chi connectivity index (χ0n) is 20.3. The Bertz CT molecular complexity index is 1420. The highest BCUT2D eigenvalue weighted by Gasteiger charge is 2.50. The van der Waals surface area contributed by atoms with Gasteiger partial charge in [-0.2, -0.15) is 9.31 Å². The Balaban J connectivity index is 1.68. The number of nitrogens with zero attached hydrogens (tertiary/aromatic N) is 3. The van der Waals surface area contributed by atoms with Gasteiger partial charge in [-0.3, -0.25) is 9.80 Å². The van der Waals surface area contributed by atoms with Gasteiger partial charge in [0.15, 0.2) is 0 Å². The van der Waals surface area contributed by atoms with Crippen LogP contribution in [0.2, 0.25) is 0 Å². The third kappa shape index (κ3) is 4.32. The molecule has 2 aliphatic rings. The monoisotopic (exact) mass is 565 g/mol. The summed E-state index contributed by atoms with van der Waals surface area (Å²) in [5.74, 6) is -0.165. The van der Waals surface area contributed by atoms with Crippen LogP contribution in [0.4, 0.5) is 0 Å². The van der Waals surface area contributed by atoms with E-state index in [0.717, 1.165) is 26.7 Å². The van der Waals surface area contributed by atoms with E-state index >= 15 is 0 Å². The maximum Gasteiger partial charge on any atom is 0.268 e. The van der Waals surface area contributed by atoms with Gasteiger partial charge in [0.2, 0.25) is 10.0 Å². The number of benzene rings is 3. The molecule has 1 amide bonds. The van der Waals surface area contributed by atoms with Crippen LogP contribution < -0.4 is 0 Å². The number of rotatable bonds is 4. The van der Waals surface area contributed by atoms with Gasteiger partial charge in [0, 0.05) is 23.1 Å². The average molecular weight is 567 g/mol. The smallest absolute Gasteiger partial charge is 0.268 e. The minimum absolute atomic E-state index is 0.112. The molecule has 0 saturated carbocycles. The van der Waals surface area contributed by atoms with Crippen LogP contribution in [0.15, 0.2) is 94.3 Å². The summed E-state index contributed by atoms with van der Waals surface area (Å²) in [4.78, 5) is 14.1. The Morgan fingerprint density at radius 1 is 1.03 bits per heavy atom. The first kappa shape index (κ1) is 24.9. The van der Waals surface area contributed by atoms with Gasteiger partial charge < -0.3 is 0 Å². The number of amides is 1. The van der Waals surface area contributed by atoms with Crippen molar-refractivity contribution in [3.05, 3.63) is 112 Å². The molecule has 5 rings (SSSR count). The molecule has 0 aliphatic carbocycles. The molecule has 3 aromatic rings. The van der Waals surface area contributed by atoms with Crippen LogP contribution in [-0.2, 0) is 16.4 Å². The summed E-state index contributed by atoms with van der Waals surface area (Å²) >= 11 is 3.55. The average Bonchev–Trinajstić information content (AvgIpc) is 2.87. The number of fused-ring (bicyclic) bond motifs is 3. The highest BCUT2D eigenvalue weighted by Crippen LogP contribution is 2.43. The first-order valence-corrected chi connectivity index (χ1v) is 14.1. The lowest BCUT2D eigenvalue weighted by atomic mass is 9.95. The van der Waals surface area contributed by atoms with Crippen molar-refractivity contribution < 1.29 is 13.2 Å². The summed E-state index contributed by atoms with van der Waals surface area (Å²) in [6.45, 7) is 8.54. The number of carbonyl (C=O) groups is 1. The number of aryl methyl sites for hydroxylation is 1. The Hall–Kier alpha value is -2.78. The molecular weight excluding hydrogens is 538 g/mol. The van der Waals surface area contributed by atoms with Crippen molar-refractivity contribution in [3.8, 4) is 0 Å². The summed E-state index contributed by atoms with van der Waals surface area (Å²) in [7, 11) is -3.88. The molecule has 8 heteroatoms. The van der Waals surface area contributed by atoms with E-state index in [9.17, 15) is 13.2 Å². The van der Waals surface area contributed by atoms with E-state index in [1.165, 1.54) is 4.31 Å². The lowest BCUT2D eigenvalue weighted by Crippen LogP contribution is -2.67. The van der Waals surface area contributed by atoms with Gasteiger partial charge in [-0.1, -0.05) is 70.0 Å². The van der Waals surface area contributed by atoms with Gasteiger partial charge in [0.1, 0.15) is 6.17 Å². The van der Waals surface area contributed by atoms with Crippen LogP contribution in [0.1, 0.15) is 40.1 Å². The predicted octanol–water partition coefficient (Wildman–Crippen LogP) is 5.32. The molecule has 0 spiro atoms. The molecule has 0 bridgehead atoms. The molecule has 186 valence electrons. The van der Waals surface area contributed by atoms with Crippen LogP contribution in [0.5, 0.6) is 0 Å². The molecule has 0 aromatic heterocycles. The van der Waals surface area contributed by atoms with Crippen molar-refractivity contribution in [1.29, 1.82) is 0 Å². The normalized spacial score (nSPS) is 20.5. The second kappa shape index (κ2) is 9.59. The molecule has 2 heterocycles. The molecule has 2 atom stereocenters. The summed E-state index contributed by atoms with van der Waals surface area (Å²) < 4.78 is 30.7. The Kier molecular flexibility index (Phi) is 6.63. The van der Waals surface area contributed by atoms with Crippen LogP contribution >= 0.6 is 15.9 Å². The van der Waals surface area contributed by atoms with Gasteiger partial charge in [0.25, 0.3) is 5.91 Å². The fourth-order valence-corrected chi connectivity index (χ4v) is 7.01. The summed E-state index contributed by atoms with van der Waals surface area (Å²) in [5.41, 5.74) is 4.21. The van der Waals surface area contributed by atoms with Crippen LogP contribution in [0.25, 0.3) is 0 Å². The largest absolute Gasteiger partial charge is 0.268 e. The highest BCUT2D eigenvalue weighted by atomic mass is 79.9. The van der Waals surface area contributed by atoms with Crippen molar-refractivity contribution in [3.63, 3.8) is 0 Å². The van der Waals surface area contributed by atoms with Gasteiger partial charge in [0.05, 0.1) is 10.9 Å². The van der Waals surface area contributed by atoms with Gasteiger partial charge in [-0.25, -0.2) is 8.42 Å². The minimum Gasteiger partial charge on any atom is -0.268 e. The third-order valence-corrected chi connectivity index (χ3v) is 9.23. The number of sulfonamides is 1. The second-order valence-corrected chi connectivity index (χ2v) is 12.2. The van der Waals surface area contributed by atoms with E-state index in [1.807, 2.05) is 67.4 Å². The maximum atomic E-state index is 14.1. The Morgan fingerprint density at radius 3 is 2.39 bits per heavy atom. The maximum absolute atomic E-state index is 14.1. The van der Waals surface area contributed by atoms with Crippen molar-refractivity contribution in [2.45, 2.75) is 37.4 Å². The number of hydrogen-bond acceptors (Lipinski definition) is 4. The number of hydrazine groups is 1. The van der Waals surface area contributed by atoms with E-state index in [0.29, 0.717) is 18.5 Å². The highest BCUT2D eigenvalue weighted by molar-refractivity contribution is 9.10. The minimum atomic E-state index is -3.88. The van der Waals surface area contributed by atoms with Crippen molar-refractivity contribution in [2.75, 3.05) is 13.1 Å². The summed E-state index contributed by atoms with van der Waals surface area (Å²) in [6.07, 6.45) is 0.0296. The van der Waals surface area contributed by atoms with Crippen LogP contribution in [0.3, 0.4) is 0 Å². The quantitative estimate of drug-likeness (QED) is 0.401. The molecule has 3 aromatic carbocycles. The van der Waals surface area contributed by atoms with Crippen LogP contribution in [-0.4, -0.2) is 47.8 Å².